The normalized spacial score (nSPS) is 11.1. The predicted octanol–water partition coefficient (Wildman–Crippen LogP) is 2.55. The third kappa shape index (κ3) is 4.54. The van der Waals surface area contributed by atoms with E-state index < -0.39 is 10.0 Å². The number of benzene rings is 1. The van der Waals surface area contributed by atoms with Crippen LogP contribution in [0.25, 0.3) is 0 Å². The Balaban J connectivity index is 2.22. The standard InChI is InChI=1S/C13H15N3O3S2/c1-20-12-7-9(3-4-11(12)14)19-10-5-6-15-13(8-10)16-21(2,17)18/h3-8H,14H2,1-2H3,(H,15,16). The number of nitrogens with zero attached hydrogens (tertiary/aromatic N) is 1. The molecule has 0 unspecified atom stereocenters. The average molecular weight is 325 g/mol. The van der Waals surface area contributed by atoms with Crippen LogP contribution in [0.4, 0.5) is 11.5 Å². The number of anilines is 2. The van der Waals surface area contributed by atoms with Crippen molar-refractivity contribution in [2.45, 2.75) is 4.90 Å². The zero-order valence-corrected chi connectivity index (χ0v) is 13.2. The van der Waals surface area contributed by atoms with E-state index in [-0.39, 0.29) is 5.82 Å². The van der Waals surface area contributed by atoms with Gasteiger partial charge in [-0.05, 0) is 30.5 Å². The Morgan fingerprint density at radius 2 is 1.95 bits per heavy atom. The SMILES string of the molecule is CSc1cc(Oc2ccnc(NS(C)(=O)=O)c2)ccc1N. The average Bonchev–Trinajstić information content (AvgIpc) is 2.39. The highest BCUT2D eigenvalue weighted by Crippen LogP contribution is 2.30. The molecule has 1 aromatic heterocycles. The minimum absolute atomic E-state index is 0.204. The van der Waals surface area contributed by atoms with Crippen LogP contribution in [0.15, 0.2) is 41.4 Å². The lowest BCUT2D eigenvalue weighted by molar-refractivity contribution is 0.481. The van der Waals surface area contributed by atoms with Gasteiger partial charge in [-0.3, -0.25) is 4.72 Å². The van der Waals surface area contributed by atoms with Gasteiger partial charge >= 0.3 is 0 Å². The summed E-state index contributed by atoms with van der Waals surface area (Å²) in [6, 6.07) is 8.49. The molecule has 8 heteroatoms. The molecule has 2 aromatic rings. The monoisotopic (exact) mass is 325 g/mol. The molecule has 1 aromatic carbocycles. The highest BCUT2D eigenvalue weighted by Gasteiger charge is 2.06. The van der Waals surface area contributed by atoms with Gasteiger partial charge in [-0.2, -0.15) is 0 Å². The Bertz CT molecular complexity index is 748. The number of pyridine rings is 1. The molecule has 0 aliphatic carbocycles. The zero-order chi connectivity index (χ0) is 15.5. The van der Waals surface area contributed by atoms with Gasteiger partial charge in [0.1, 0.15) is 17.3 Å². The fourth-order valence-electron chi connectivity index (χ4n) is 1.61. The first kappa shape index (κ1) is 15.5. The van der Waals surface area contributed by atoms with E-state index in [0.717, 1.165) is 11.2 Å². The first-order valence-electron chi connectivity index (χ1n) is 5.92. The van der Waals surface area contributed by atoms with Crippen LogP contribution >= 0.6 is 11.8 Å². The lowest BCUT2D eigenvalue weighted by Gasteiger charge is -2.10. The Morgan fingerprint density at radius 3 is 2.62 bits per heavy atom. The summed E-state index contributed by atoms with van der Waals surface area (Å²) in [4.78, 5) is 4.83. The van der Waals surface area contributed by atoms with Crippen molar-refractivity contribution in [3.05, 3.63) is 36.5 Å². The summed E-state index contributed by atoms with van der Waals surface area (Å²) in [6.45, 7) is 0. The predicted molar refractivity (Wildman–Crippen MR) is 85.4 cm³/mol. The third-order valence-corrected chi connectivity index (χ3v) is 3.84. The van der Waals surface area contributed by atoms with Crippen LogP contribution in [-0.4, -0.2) is 25.9 Å². The molecule has 0 aliphatic heterocycles. The molecule has 0 aliphatic rings. The van der Waals surface area contributed by atoms with E-state index >= 15 is 0 Å². The van der Waals surface area contributed by atoms with E-state index in [0.29, 0.717) is 17.2 Å². The van der Waals surface area contributed by atoms with Crippen LogP contribution < -0.4 is 15.2 Å². The number of hydrogen-bond donors (Lipinski definition) is 2. The first-order valence-corrected chi connectivity index (χ1v) is 9.04. The number of ether oxygens (including phenoxy) is 1. The zero-order valence-electron chi connectivity index (χ0n) is 11.5. The van der Waals surface area contributed by atoms with Crippen LogP contribution in [0.2, 0.25) is 0 Å². The first-order chi connectivity index (χ1) is 9.87. The summed E-state index contributed by atoms with van der Waals surface area (Å²) in [5.74, 6) is 1.30. The van der Waals surface area contributed by atoms with Crippen molar-refractivity contribution in [2.24, 2.45) is 0 Å². The molecule has 112 valence electrons. The molecule has 0 saturated heterocycles. The van der Waals surface area contributed by atoms with Crippen LogP contribution in [0.1, 0.15) is 0 Å². The van der Waals surface area contributed by atoms with Crippen molar-refractivity contribution in [3.63, 3.8) is 0 Å². The highest BCUT2D eigenvalue weighted by molar-refractivity contribution is 7.98. The quantitative estimate of drug-likeness (QED) is 0.648. The molecule has 6 nitrogen and oxygen atoms in total. The summed E-state index contributed by atoms with van der Waals surface area (Å²) in [5, 5.41) is 0. The van der Waals surface area contributed by atoms with Gasteiger partial charge in [0.25, 0.3) is 0 Å². The Labute approximate surface area is 127 Å². The fraction of sp³-hybridized carbons (Fsp3) is 0.154. The van der Waals surface area contributed by atoms with E-state index in [1.54, 1.807) is 18.2 Å². The number of nitrogens with one attached hydrogen (secondary N) is 1. The maximum absolute atomic E-state index is 11.2. The maximum atomic E-state index is 11.2. The maximum Gasteiger partial charge on any atom is 0.230 e. The molecular weight excluding hydrogens is 310 g/mol. The number of nitrogen functional groups attached to an aromatic ring is 1. The van der Waals surface area contributed by atoms with Gasteiger partial charge in [0.15, 0.2) is 0 Å². The van der Waals surface area contributed by atoms with Gasteiger partial charge in [-0.15, -0.1) is 11.8 Å². The molecule has 0 atom stereocenters. The van der Waals surface area contributed by atoms with Crippen molar-refractivity contribution in [2.75, 3.05) is 23.0 Å². The molecule has 0 radical (unpaired) electrons. The summed E-state index contributed by atoms with van der Waals surface area (Å²) in [7, 11) is -3.37. The molecule has 0 spiro atoms. The van der Waals surface area contributed by atoms with Crippen molar-refractivity contribution in [1.29, 1.82) is 0 Å². The van der Waals surface area contributed by atoms with Gasteiger partial charge in [-0.25, -0.2) is 13.4 Å². The van der Waals surface area contributed by atoms with Crippen molar-refractivity contribution in [3.8, 4) is 11.5 Å². The topological polar surface area (TPSA) is 94.3 Å². The second-order valence-corrected chi connectivity index (χ2v) is 6.85. The molecule has 3 N–H and O–H groups in total. The lowest BCUT2D eigenvalue weighted by Crippen LogP contribution is -2.10. The minimum atomic E-state index is -3.37. The number of rotatable bonds is 5. The smallest absolute Gasteiger partial charge is 0.230 e. The second-order valence-electron chi connectivity index (χ2n) is 4.26. The number of sulfonamides is 1. The summed E-state index contributed by atoms with van der Waals surface area (Å²) in [5.41, 5.74) is 6.51. The van der Waals surface area contributed by atoms with Gasteiger partial charge in [0.2, 0.25) is 10.0 Å². The van der Waals surface area contributed by atoms with Crippen LogP contribution in [-0.2, 0) is 10.0 Å². The van der Waals surface area contributed by atoms with Gasteiger partial charge in [-0.1, -0.05) is 0 Å². The van der Waals surface area contributed by atoms with Crippen molar-refractivity contribution in [1.82, 2.24) is 4.98 Å². The van der Waals surface area contributed by atoms with Gasteiger partial charge < -0.3 is 10.5 Å². The van der Waals surface area contributed by atoms with E-state index in [1.807, 2.05) is 12.3 Å². The Kier molecular flexibility index (Phi) is 4.59. The largest absolute Gasteiger partial charge is 0.457 e. The van der Waals surface area contributed by atoms with Gasteiger partial charge in [0.05, 0.1) is 6.26 Å². The molecule has 0 amide bonds. The Hall–Kier alpha value is -1.93. The van der Waals surface area contributed by atoms with E-state index in [9.17, 15) is 8.42 Å². The van der Waals surface area contributed by atoms with Gasteiger partial charge in [0, 0.05) is 22.8 Å². The summed E-state index contributed by atoms with van der Waals surface area (Å²) >= 11 is 1.52. The number of hydrogen-bond acceptors (Lipinski definition) is 6. The van der Waals surface area contributed by atoms with E-state index in [1.165, 1.54) is 24.0 Å². The molecular formula is C13H15N3O3S2. The minimum Gasteiger partial charge on any atom is -0.457 e. The molecule has 0 bridgehead atoms. The van der Waals surface area contributed by atoms with Crippen LogP contribution in [0.3, 0.4) is 0 Å². The van der Waals surface area contributed by atoms with Crippen molar-refractivity contribution >= 4 is 33.3 Å². The molecule has 0 saturated carbocycles. The summed E-state index contributed by atoms with van der Waals surface area (Å²) in [6.07, 6.45) is 4.46. The van der Waals surface area contributed by atoms with Crippen molar-refractivity contribution < 1.29 is 13.2 Å². The second kappa shape index (κ2) is 6.23. The van der Waals surface area contributed by atoms with Crippen LogP contribution in [0, 0.1) is 0 Å². The summed E-state index contributed by atoms with van der Waals surface area (Å²) < 4.78 is 30.3. The Morgan fingerprint density at radius 1 is 1.24 bits per heavy atom. The number of thioether (sulfide) groups is 1. The van der Waals surface area contributed by atoms with Crippen LogP contribution in [0.5, 0.6) is 11.5 Å². The lowest BCUT2D eigenvalue weighted by atomic mass is 10.3. The molecule has 21 heavy (non-hydrogen) atoms. The van der Waals surface area contributed by atoms with E-state index in [4.69, 9.17) is 10.5 Å². The third-order valence-electron chi connectivity index (χ3n) is 2.46. The fourth-order valence-corrected chi connectivity index (χ4v) is 2.64. The number of aromatic nitrogens is 1. The highest BCUT2D eigenvalue weighted by atomic mass is 32.2. The molecule has 0 fully saturated rings. The number of nitrogens with two attached hydrogens (primary N) is 1. The molecule has 2 rings (SSSR count). The molecule has 1 heterocycles. The van der Waals surface area contributed by atoms with E-state index in [2.05, 4.69) is 9.71 Å².